The molecule has 3 heteroatoms. The summed E-state index contributed by atoms with van der Waals surface area (Å²) in [5, 5.41) is 6.22. The molecule has 26 heavy (non-hydrogen) atoms. The van der Waals surface area contributed by atoms with Gasteiger partial charge in [0.05, 0.1) is 12.7 Å². The maximum Gasteiger partial charge on any atom is 0.228 e. The van der Waals surface area contributed by atoms with Crippen molar-refractivity contribution in [3.05, 3.63) is 78.1 Å². The fourth-order valence-corrected chi connectivity index (χ4v) is 3.30. The number of nitrogens with one attached hydrogen (secondary N) is 1. The lowest BCUT2D eigenvalue weighted by Gasteiger charge is -2.09. The molecule has 4 aromatic rings. The molecule has 4 rings (SSSR count). The van der Waals surface area contributed by atoms with Crippen LogP contribution in [0.1, 0.15) is 30.9 Å². The average Bonchev–Trinajstić information content (AvgIpc) is 3.04. The summed E-state index contributed by atoms with van der Waals surface area (Å²) >= 11 is 0. The molecule has 0 saturated carbocycles. The Morgan fingerprint density at radius 3 is 2.65 bits per heavy atom. The van der Waals surface area contributed by atoms with Crippen molar-refractivity contribution in [3.8, 4) is 0 Å². The van der Waals surface area contributed by atoms with Gasteiger partial charge in [-0.3, -0.25) is 4.79 Å². The van der Waals surface area contributed by atoms with E-state index in [2.05, 4.69) is 31.3 Å². The normalized spacial score (nSPS) is 11.3. The van der Waals surface area contributed by atoms with Crippen LogP contribution >= 0.6 is 0 Å². The van der Waals surface area contributed by atoms with Gasteiger partial charge in [0.15, 0.2) is 0 Å². The van der Waals surface area contributed by atoms with Gasteiger partial charge >= 0.3 is 0 Å². The molecule has 0 bridgehead atoms. The zero-order chi connectivity index (χ0) is 18.1. The second kappa shape index (κ2) is 6.68. The number of amides is 1. The summed E-state index contributed by atoms with van der Waals surface area (Å²) in [6.45, 7) is 4.32. The first-order chi connectivity index (χ1) is 12.6. The summed E-state index contributed by atoms with van der Waals surface area (Å²) in [7, 11) is 0. The minimum absolute atomic E-state index is 0.0426. The molecule has 130 valence electrons. The van der Waals surface area contributed by atoms with E-state index in [1.165, 1.54) is 5.56 Å². The van der Waals surface area contributed by atoms with E-state index in [1.54, 1.807) is 6.26 Å². The van der Waals surface area contributed by atoms with Crippen molar-refractivity contribution in [2.75, 3.05) is 5.32 Å². The summed E-state index contributed by atoms with van der Waals surface area (Å²) < 4.78 is 5.63. The summed E-state index contributed by atoms with van der Waals surface area (Å²) in [6, 6.07) is 20.2. The van der Waals surface area contributed by atoms with Crippen molar-refractivity contribution in [1.29, 1.82) is 0 Å². The molecule has 1 aromatic heterocycles. The molecular weight excluding hydrogens is 322 g/mol. The lowest BCUT2D eigenvalue weighted by molar-refractivity contribution is -0.115. The Balaban J connectivity index is 1.60. The minimum Gasteiger partial charge on any atom is -0.464 e. The highest BCUT2D eigenvalue weighted by Crippen LogP contribution is 2.27. The molecule has 0 spiro atoms. The molecule has 3 aromatic carbocycles. The van der Waals surface area contributed by atoms with Gasteiger partial charge < -0.3 is 9.73 Å². The number of fused-ring (bicyclic) bond motifs is 2. The summed E-state index contributed by atoms with van der Waals surface area (Å²) in [5.74, 6) is 0.394. The fraction of sp³-hybridized carbons (Fsp3) is 0.174. The van der Waals surface area contributed by atoms with Gasteiger partial charge in [0.25, 0.3) is 0 Å². The van der Waals surface area contributed by atoms with Gasteiger partial charge in [-0.05, 0) is 35.1 Å². The second-order valence-electron chi connectivity index (χ2n) is 6.92. The highest BCUT2D eigenvalue weighted by atomic mass is 16.3. The quantitative estimate of drug-likeness (QED) is 0.502. The van der Waals surface area contributed by atoms with E-state index < -0.39 is 0 Å². The number of benzene rings is 3. The lowest BCUT2D eigenvalue weighted by atomic mass is 10.00. The highest BCUT2D eigenvalue weighted by molar-refractivity contribution is 6.03. The van der Waals surface area contributed by atoms with Crippen molar-refractivity contribution in [3.63, 3.8) is 0 Å². The van der Waals surface area contributed by atoms with Gasteiger partial charge in [-0.25, -0.2) is 0 Å². The zero-order valence-electron chi connectivity index (χ0n) is 15.0. The van der Waals surface area contributed by atoms with Gasteiger partial charge in [-0.2, -0.15) is 0 Å². The molecule has 1 amide bonds. The monoisotopic (exact) mass is 343 g/mol. The maximum atomic E-state index is 12.6. The molecule has 3 nitrogen and oxygen atoms in total. The molecule has 0 unspecified atom stereocenters. The largest absolute Gasteiger partial charge is 0.464 e. The predicted molar refractivity (Wildman–Crippen MR) is 107 cm³/mol. The Bertz CT molecular complexity index is 1090. The smallest absolute Gasteiger partial charge is 0.228 e. The first kappa shape index (κ1) is 16.4. The number of hydrogen-bond donors (Lipinski definition) is 1. The van der Waals surface area contributed by atoms with Crippen LogP contribution in [0.25, 0.3) is 21.7 Å². The van der Waals surface area contributed by atoms with E-state index in [1.807, 2.05) is 48.5 Å². The first-order valence-corrected chi connectivity index (χ1v) is 8.89. The van der Waals surface area contributed by atoms with Crippen molar-refractivity contribution in [2.24, 2.45) is 0 Å². The summed E-state index contributed by atoms with van der Waals surface area (Å²) in [4.78, 5) is 12.6. The van der Waals surface area contributed by atoms with E-state index >= 15 is 0 Å². The van der Waals surface area contributed by atoms with Gasteiger partial charge in [0.1, 0.15) is 5.58 Å². The van der Waals surface area contributed by atoms with Crippen molar-refractivity contribution < 1.29 is 9.21 Å². The van der Waals surface area contributed by atoms with Crippen LogP contribution in [-0.4, -0.2) is 5.91 Å². The number of anilines is 1. The van der Waals surface area contributed by atoms with Crippen molar-refractivity contribution >= 4 is 33.3 Å². The van der Waals surface area contributed by atoms with E-state index in [9.17, 15) is 4.79 Å². The minimum atomic E-state index is -0.0426. The summed E-state index contributed by atoms with van der Waals surface area (Å²) in [6.07, 6.45) is 1.98. The third kappa shape index (κ3) is 3.08. The molecule has 1 N–H and O–H groups in total. The molecule has 0 fully saturated rings. The molecule has 0 radical (unpaired) electrons. The van der Waals surface area contributed by atoms with Crippen LogP contribution in [-0.2, 0) is 11.2 Å². The third-order valence-electron chi connectivity index (χ3n) is 4.76. The number of hydrogen-bond acceptors (Lipinski definition) is 2. The third-order valence-corrected chi connectivity index (χ3v) is 4.76. The molecule has 0 atom stereocenters. The molecule has 0 aliphatic rings. The maximum absolute atomic E-state index is 12.6. The topological polar surface area (TPSA) is 42.2 Å². The standard InChI is InChI=1S/C23H21NO2/c1-15(2)17-10-11-22-20(12-17)18(14-26-22)13-23(25)24-21-9-5-7-16-6-3-4-8-19(16)21/h3-12,14-15H,13H2,1-2H3,(H,24,25). The van der Waals surface area contributed by atoms with Crippen LogP contribution in [0.4, 0.5) is 5.69 Å². The van der Waals surface area contributed by atoms with Gasteiger partial charge in [-0.1, -0.05) is 56.3 Å². The van der Waals surface area contributed by atoms with Crippen molar-refractivity contribution in [1.82, 2.24) is 0 Å². The highest BCUT2D eigenvalue weighted by Gasteiger charge is 2.13. The first-order valence-electron chi connectivity index (χ1n) is 8.89. The van der Waals surface area contributed by atoms with Crippen LogP contribution in [0.3, 0.4) is 0 Å². The van der Waals surface area contributed by atoms with Gasteiger partial charge in [0, 0.05) is 22.0 Å². The van der Waals surface area contributed by atoms with Crippen LogP contribution in [0, 0.1) is 0 Å². The van der Waals surface area contributed by atoms with Crippen LogP contribution < -0.4 is 5.32 Å². The fourth-order valence-electron chi connectivity index (χ4n) is 3.30. The Kier molecular flexibility index (Phi) is 4.21. The van der Waals surface area contributed by atoms with E-state index in [0.29, 0.717) is 5.92 Å². The zero-order valence-corrected chi connectivity index (χ0v) is 15.0. The lowest BCUT2D eigenvalue weighted by Crippen LogP contribution is -2.14. The Labute approximate surface area is 152 Å². The molecular formula is C23H21NO2. The number of rotatable bonds is 4. The van der Waals surface area contributed by atoms with Crippen LogP contribution in [0.2, 0.25) is 0 Å². The Morgan fingerprint density at radius 1 is 1.00 bits per heavy atom. The molecule has 0 aliphatic heterocycles. The van der Waals surface area contributed by atoms with Gasteiger partial charge in [0.2, 0.25) is 5.91 Å². The van der Waals surface area contributed by atoms with Crippen molar-refractivity contribution in [2.45, 2.75) is 26.2 Å². The van der Waals surface area contributed by atoms with E-state index in [0.717, 1.165) is 33.0 Å². The van der Waals surface area contributed by atoms with Crippen LogP contribution in [0.5, 0.6) is 0 Å². The second-order valence-corrected chi connectivity index (χ2v) is 6.92. The number of furan rings is 1. The molecule has 1 heterocycles. The SMILES string of the molecule is CC(C)c1ccc2occ(CC(=O)Nc3cccc4ccccc34)c2c1. The van der Waals surface area contributed by atoms with E-state index in [-0.39, 0.29) is 12.3 Å². The number of carbonyl (C=O) groups is 1. The van der Waals surface area contributed by atoms with Crippen LogP contribution in [0.15, 0.2) is 71.3 Å². The Morgan fingerprint density at radius 2 is 1.81 bits per heavy atom. The molecule has 0 aliphatic carbocycles. The number of carbonyl (C=O) groups excluding carboxylic acids is 1. The Hall–Kier alpha value is -3.07. The average molecular weight is 343 g/mol. The summed E-state index contributed by atoms with van der Waals surface area (Å²) in [5.41, 5.74) is 3.82. The van der Waals surface area contributed by atoms with E-state index in [4.69, 9.17) is 4.42 Å². The predicted octanol–water partition coefficient (Wildman–Crippen LogP) is 5.89. The van der Waals surface area contributed by atoms with Gasteiger partial charge in [-0.15, -0.1) is 0 Å². The molecule has 0 saturated heterocycles.